The van der Waals surface area contributed by atoms with E-state index in [1.54, 1.807) is 6.07 Å². The molecule has 102 valence electrons. The van der Waals surface area contributed by atoms with Crippen LogP contribution >= 0.6 is 0 Å². The number of carbonyl (C=O) groups excluding carboxylic acids is 2. The number of hydrogen-bond donors (Lipinski definition) is 2. The summed E-state index contributed by atoms with van der Waals surface area (Å²) in [7, 11) is 0. The summed E-state index contributed by atoms with van der Waals surface area (Å²) in [5.74, 6) is 0.613. The standard InChI is InChI=1S/C15H20N2O2/c1-9(2)14(18)16-11-5-4-6-12(8-11)17-15(19)13-7-10(13)3/h4-6,8-10,13H,7H2,1-3H3,(H,16,18)(H,17,19)/t10-,13-/m0/s1. The first-order chi connectivity index (χ1) is 8.97. The van der Waals surface area contributed by atoms with E-state index in [-0.39, 0.29) is 23.7 Å². The molecule has 1 fully saturated rings. The molecule has 19 heavy (non-hydrogen) atoms. The SMILES string of the molecule is CC(C)C(=O)Nc1cccc(NC(=O)[C@H]2C[C@@H]2C)c1. The third kappa shape index (κ3) is 3.56. The zero-order chi connectivity index (χ0) is 14.0. The fraction of sp³-hybridized carbons (Fsp3) is 0.467. The molecule has 2 amide bonds. The van der Waals surface area contributed by atoms with E-state index in [2.05, 4.69) is 17.6 Å². The molecular formula is C15H20N2O2. The van der Waals surface area contributed by atoms with Crippen LogP contribution in [0, 0.1) is 17.8 Å². The second-order valence-electron chi connectivity index (χ2n) is 5.53. The van der Waals surface area contributed by atoms with E-state index in [0.717, 1.165) is 12.1 Å². The number of anilines is 2. The van der Waals surface area contributed by atoms with Crippen LogP contribution in [0.4, 0.5) is 11.4 Å². The number of carbonyl (C=O) groups is 2. The van der Waals surface area contributed by atoms with E-state index in [9.17, 15) is 9.59 Å². The van der Waals surface area contributed by atoms with Crippen LogP contribution in [0.5, 0.6) is 0 Å². The average molecular weight is 260 g/mol. The molecule has 1 aliphatic rings. The molecule has 0 aromatic heterocycles. The fourth-order valence-corrected chi connectivity index (χ4v) is 1.88. The van der Waals surface area contributed by atoms with Gasteiger partial charge in [0.1, 0.15) is 0 Å². The first kappa shape index (κ1) is 13.6. The third-order valence-corrected chi connectivity index (χ3v) is 3.37. The Morgan fingerprint density at radius 3 is 2.32 bits per heavy atom. The number of rotatable bonds is 4. The van der Waals surface area contributed by atoms with E-state index in [0.29, 0.717) is 11.6 Å². The van der Waals surface area contributed by atoms with Gasteiger partial charge in [-0.3, -0.25) is 9.59 Å². The van der Waals surface area contributed by atoms with Gasteiger partial charge < -0.3 is 10.6 Å². The predicted octanol–water partition coefficient (Wildman–Crippen LogP) is 2.88. The molecule has 0 heterocycles. The topological polar surface area (TPSA) is 58.2 Å². The highest BCUT2D eigenvalue weighted by molar-refractivity contribution is 5.96. The van der Waals surface area contributed by atoms with Crippen LogP contribution < -0.4 is 10.6 Å². The summed E-state index contributed by atoms with van der Waals surface area (Å²) >= 11 is 0. The van der Waals surface area contributed by atoms with E-state index < -0.39 is 0 Å². The maximum Gasteiger partial charge on any atom is 0.227 e. The number of nitrogens with one attached hydrogen (secondary N) is 2. The highest BCUT2D eigenvalue weighted by Gasteiger charge is 2.39. The highest BCUT2D eigenvalue weighted by atomic mass is 16.2. The van der Waals surface area contributed by atoms with Crippen LogP contribution in [0.2, 0.25) is 0 Å². The van der Waals surface area contributed by atoms with Crippen LogP contribution in [0.1, 0.15) is 27.2 Å². The lowest BCUT2D eigenvalue weighted by Crippen LogP contribution is -2.18. The molecule has 0 aliphatic heterocycles. The Morgan fingerprint density at radius 1 is 1.21 bits per heavy atom. The molecule has 1 aromatic rings. The van der Waals surface area contributed by atoms with Gasteiger partial charge in [-0.1, -0.05) is 26.8 Å². The van der Waals surface area contributed by atoms with Gasteiger partial charge in [0.25, 0.3) is 0 Å². The number of amides is 2. The maximum atomic E-state index is 11.8. The second-order valence-corrected chi connectivity index (χ2v) is 5.53. The van der Waals surface area contributed by atoms with Crippen molar-refractivity contribution in [3.05, 3.63) is 24.3 Å². The van der Waals surface area contributed by atoms with Crippen LogP contribution in [0.15, 0.2) is 24.3 Å². The molecule has 4 heteroatoms. The van der Waals surface area contributed by atoms with E-state index in [1.165, 1.54) is 0 Å². The third-order valence-electron chi connectivity index (χ3n) is 3.37. The first-order valence-corrected chi connectivity index (χ1v) is 6.69. The predicted molar refractivity (Wildman–Crippen MR) is 75.8 cm³/mol. The minimum absolute atomic E-state index is 0.0284. The van der Waals surface area contributed by atoms with Gasteiger partial charge in [0.05, 0.1) is 0 Å². The van der Waals surface area contributed by atoms with Gasteiger partial charge in [0.2, 0.25) is 11.8 Å². The molecule has 0 unspecified atom stereocenters. The van der Waals surface area contributed by atoms with Gasteiger partial charge in [0.15, 0.2) is 0 Å². The van der Waals surface area contributed by atoms with Crippen molar-refractivity contribution in [1.82, 2.24) is 0 Å². The van der Waals surface area contributed by atoms with Gasteiger partial charge in [-0.2, -0.15) is 0 Å². The molecule has 2 N–H and O–H groups in total. The molecule has 2 rings (SSSR count). The molecule has 2 atom stereocenters. The lowest BCUT2D eigenvalue weighted by atomic mass is 10.2. The Kier molecular flexibility index (Phi) is 3.88. The largest absolute Gasteiger partial charge is 0.326 e. The van der Waals surface area contributed by atoms with Crippen molar-refractivity contribution < 1.29 is 9.59 Å². The Bertz CT molecular complexity index is 497. The number of hydrogen-bond acceptors (Lipinski definition) is 2. The summed E-state index contributed by atoms with van der Waals surface area (Å²) in [6.45, 7) is 5.76. The molecule has 1 aliphatic carbocycles. The summed E-state index contributed by atoms with van der Waals surface area (Å²) < 4.78 is 0. The quantitative estimate of drug-likeness (QED) is 0.874. The van der Waals surface area contributed by atoms with Crippen molar-refractivity contribution >= 4 is 23.2 Å². The van der Waals surface area contributed by atoms with Crippen molar-refractivity contribution in [3.63, 3.8) is 0 Å². The Hall–Kier alpha value is -1.84. The van der Waals surface area contributed by atoms with Crippen molar-refractivity contribution in [2.45, 2.75) is 27.2 Å². The van der Waals surface area contributed by atoms with Gasteiger partial charge in [-0.15, -0.1) is 0 Å². The minimum Gasteiger partial charge on any atom is -0.326 e. The van der Waals surface area contributed by atoms with Crippen molar-refractivity contribution in [2.75, 3.05) is 10.6 Å². The highest BCUT2D eigenvalue weighted by Crippen LogP contribution is 2.38. The molecule has 0 saturated heterocycles. The lowest BCUT2D eigenvalue weighted by Gasteiger charge is -2.10. The number of benzene rings is 1. The summed E-state index contributed by atoms with van der Waals surface area (Å²) in [6, 6.07) is 7.25. The zero-order valence-corrected chi connectivity index (χ0v) is 11.6. The van der Waals surface area contributed by atoms with Gasteiger partial charge in [-0.05, 0) is 30.5 Å². The second kappa shape index (κ2) is 5.43. The maximum absolute atomic E-state index is 11.8. The zero-order valence-electron chi connectivity index (χ0n) is 11.6. The molecule has 0 bridgehead atoms. The van der Waals surface area contributed by atoms with Crippen molar-refractivity contribution in [2.24, 2.45) is 17.8 Å². The molecule has 4 nitrogen and oxygen atoms in total. The average Bonchev–Trinajstić information content (AvgIpc) is 3.07. The lowest BCUT2D eigenvalue weighted by molar-refractivity contribution is -0.119. The molecule has 1 aromatic carbocycles. The smallest absolute Gasteiger partial charge is 0.227 e. The molecule has 1 saturated carbocycles. The summed E-state index contributed by atoms with van der Waals surface area (Å²) in [5, 5.41) is 5.71. The Labute approximate surface area is 113 Å². The van der Waals surface area contributed by atoms with Gasteiger partial charge in [0, 0.05) is 23.2 Å². The summed E-state index contributed by atoms with van der Waals surface area (Å²) in [4.78, 5) is 23.4. The van der Waals surface area contributed by atoms with Crippen molar-refractivity contribution in [1.29, 1.82) is 0 Å². The fourth-order valence-electron chi connectivity index (χ4n) is 1.88. The van der Waals surface area contributed by atoms with Crippen LogP contribution in [-0.2, 0) is 9.59 Å². The van der Waals surface area contributed by atoms with Crippen molar-refractivity contribution in [3.8, 4) is 0 Å². The summed E-state index contributed by atoms with van der Waals surface area (Å²) in [6.07, 6.45) is 0.968. The monoisotopic (exact) mass is 260 g/mol. The normalized spacial score (nSPS) is 21.1. The van der Waals surface area contributed by atoms with Crippen LogP contribution in [-0.4, -0.2) is 11.8 Å². The summed E-state index contributed by atoms with van der Waals surface area (Å²) in [5.41, 5.74) is 1.44. The van der Waals surface area contributed by atoms with E-state index in [1.807, 2.05) is 32.0 Å². The Morgan fingerprint density at radius 2 is 1.79 bits per heavy atom. The van der Waals surface area contributed by atoms with Crippen LogP contribution in [0.25, 0.3) is 0 Å². The minimum atomic E-state index is -0.0643. The van der Waals surface area contributed by atoms with E-state index in [4.69, 9.17) is 0 Å². The van der Waals surface area contributed by atoms with E-state index >= 15 is 0 Å². The Balaban J connectivity index is 1.99. The molecule has 0 spiro atoms. The first-order valence-electron chi connectivity index (χ1n) is 6.69. The van der Waals surface area contributed by atoms with Crippen LogP contribution in [0.3, 0.4) is 0 Å². The van der Waals surface area contributed by atoms with Gasteiger partial charge in [-0.25, -0.2) is 0 Å². The molecule has 0 radical (unpaired) electrons. The van der Waals surface area contributed by atoms with Gasteiger partial charge >= 0.3 is 0 Å². The molecular weight excluding hydrogens is 240 g/mol.